The summed E-state index contributed by atoms with van der Waals surface area (Å²) in [5.41, 5.74) is 0. The highest BCUT2D eigenvalue weighted by Crippen LogP contribution is 2.28. The first-order valence-electron chi connectivity index (χ1n) is 12.3. The summed E-state index contributed by atoms with van der Waals surface area (Å²) in [6.45, 7) is 14.9. The van der Waals surface area contributed by atoms with Crippen LogP contribution in [-0.2, 0) is 18.9 Å². The Balaban J connectivity index is 1.49. The third-order valence-corrected chi connectivity index (χ3v) is 6.81. The van der Waals surface area contributed by atoms with Crippen molar-refractivity contribution in [3.8, 4) is 0 Å². The van der Waals surface area contributed by atoms with Gasteiger partial charge in [0.25, 0.3) is 0 Å². The minimum atomic E-state index is 0.00767. The first-order chi connectivity index (χ1) is 16.3. The maximum atomic E-state index is 5.64. The number of nitrogens with zero attached hydrogens (tertiary/aromatic N) is 7. The van der Waals surface area contributed by atoms with Crippen LogP contribution in [0.1, 0.15) is 29.8 Å². The molecule has 0 amide bonds. The number of aromatic nitrogens is 3. The molecule has 0 spiro atoms. The molecule has 4 fully saturated rings. The van der Waals surface area contributed by atoms with Gasteiger partial charge in [-0.15, -0.1) is 0 Å². The van der Waals surface area contributed by atoms with E-state index < -0.39 is 0 Å². The zero-order valence-electron chi connectivity index (χ0n) is 19.7. The van der Waals surface area contributed by atoms with E-state index in [1.54, 1.807) is 0 Å². The van der Waals surface area contributed by atoms with E-state index in [1.165, 1.54) is 0 Å². The van der Waals surface area contributed by atoms with Crippen molar-refractivity contribution in [2.24, 2.45) is 0 Å². The lowest BCUT2D eigenvalue weighted by Crippen LogP contribution is -2.52. The summed E-state index contributed by atoms with van der Waals surface area (Å²) in [5.74, 6) is 2.45. The molecule has 1 aromatic rings. The lowest BCUT2D eigenvalue weighted by atomic mass is 10.2. The van der Waals surface area contributed by atoms with Gasteiger partial charge < -0.3 is 18.9 Å². The average molecular weight is 464 g/mol. The van der Waals surface area contributed by atoms with Gasteiger partial charge >= 0.3 is 0 Å². The molecule has 0 bridgehead atoms. The molecule has 184 valence electrons. The number of ether oxygens (including phenoxy) is 4. The maximum Gasteiger partial charge on any atom is 0.164 e. The van der Waals surface area contributed by atoms with Crippen molar-refractivity contribution in [3.63, 3.8) is 0 Å². The minimum Gasteiger partial charge on any atom is -0.379 e. The summed E-state index contributed by atoms with van der Waals surface area (Å²) in [7, 11) is 0. The third kappa shape index (κ3) is 5.68. The van der Waals surface area contributed by atoms with Gasteiger partial charge in [0, 0.05) is 52.4 Å². The summed E-state index contributed by atoms with van der Waals surface area (Å²) < 4.78 is 22.6. The van der Waals surface area contributed by atoms with Crippen LogP contribution in [0.15, 0.2) is 0 Å². The smallest absolute Gasteiger partial charge is 0.164 e. The fourth-order valence-electron chi connectivity index (χ4n) is 5.16. The molecule has 5 rings (SSSR count). The van der Waals surface area contributed by atoms with E-state index in [0.717, 1.165) is 123 Å². The fourth-order valence-corrected chi connectivity index (χ4v) is 5.16. The Morgan fingerprint density at radius 2 is 0.758 bits per heavy atom. The Labute approximate surface area is 195 Å². The highest BCUT2D eigenvalue weighted by Gasteiger charge is 2.36. The molecular formula is C22H37N7O4. The molecule has 0 saturated carbocycles. The summed E-state index contributed by atoms with van der Waals surface area (Å²) in [6.07, 6.45) is 0.0153. The standard InChI is InChI=1S/C22H37N7O4/c1-18-23-19(21(26-2-10-30-11-3-26)27-4-12-31-13-5-27)25-20(24-18)22(28-6-14-32-15-7-28)29-8-16-33-17-9-29/h21-22H,2-17H2,1H3. The van der Waals surface area contributed by atoms with E-state index in [4.69, 9.17) is 33.9 Å². The highest BCUT2D eigenvalue weighted by molar-refractivity contribution is 5.06. The molecule has 0 aromatic carbocycles. The lowest BCUT2D eigenvalue weighted by molar-refractivity contribution is -0.0751. The monoisotopic (exact) mass is 463 g/mol. The van der Waals surface area contributed by atoms with Crippen LogP contribution < -0.4 is 0 Å². The molecule has 0 aliphatic carbocycles. The van der Waals surface area contributed by atoms with E-state index in [1.807, 2.05) is 6.92 Å². The van der Waals surface area contributed by atoms with Crippen LogP contribution in [0.2, 0.25) is 0 Å². The van der Waals surface area contributed by atoms with Crippen molar-refractivity contribution in [1.82, 2.24) is 34.6 Å². The molecule has 5 heterocycles. The molecule has 33 heavy (non-hydrogen) atoms. The molecule has 0 unspecified atom stereocenters. The van der Waals surface area contributed by atoms with Crippen molar-refractivity contribution in [1.29, 1.82) is 0 Å². The largest absolute Gasteiger partial charge is 0.379 e. The number of rotatable bonds is 6. The van der Waals surface area contributed by atoms with Crippen LogP contribution in [-0.4, -0.2) is 140 Å². The molecule has 0 N–H and O–H groups in total. The van der Waals surface area contributed by atoms with Crippen LogP contribution in [0, 0.1) is 6.92 Å². The second kappa shape index (κ2) is 11.4. The van der Waals surface area contributed by atoms with Gasteiger partial charge in [-0.25, -0.2) is 15.0 Å². The number of hydrogen-bond acceptors (Lipinski definition) is 11. The Morgan fingerprint density at radius 1 is 0.485 bits per heavy atom. The molecule has 4 saturated heterocycles. The molecule has 11 nitrogen and oxygen atoms in total. The van der Waals surface area contributed by atoms with Crippen molar-refractivity contribution in [2.75, 3.05) is 105 Å². The van der Waals surface area contributed by atoms with Gasteiger partial charge in [0.1, 0.15) is 18.2 Å². The van der Waals surface area contributed by atoms with Gasteiger partial charge in [0.2, 0.25) is 0 Å². The number of morpholine rings is 4. The first-order valence-corrected chi connectivity index (χ1v) is 12.3. The normalized spacial score (nSPS) is 25.2. The molecule has 4 aliphatic heterocycles. The van der Waals surface area contributed by atoms with Crippen molar-refractivity contribution in [2.45, 2.75) is 19.3 Å². The van der Waals surface area contributed by atoms with Gasteiger partial charge in [0.05, 0.1) is 52.9 Å². The topological polar surface area (TPSA) is 88.5 Å². The van der Waals surface area contributed by atoms with Crippen LogP contribution >= 0.6 is 0 Å². The molecule has 1 aromatic heterocycles. The predicted octanol–water partition coefficient (Wildman–Crippen LogP) is -0.494. The zero-order valence-corrected chi connectivity index (χ0v) is 19.7. The second-order valence-electron chi connectivity index (χ2n) is 8.94. The SMILES string of the molecule is Cc1nc(C(N2CCOCC2)N2CCOCC2)nc(C(N2CCOCC2)N2CCOCC2)n1. The Hall–Kier alpha value is -1.31. The van der Waals surface area contributed by atoms with Crippen molar-refractivity contribution >= 4 is 0 Å². The van der Waals surface area contributed by atoms with Crippen molar-refractivity contribution < 1.29 is 18.9 Å². The lowest BCUT2D eigenvalue weighted by Gasteiger charge is -2.43. The zero-order chi connectivity index (χ0) is 22.5. The van der Waals surface area contributed by atoms with Crippen LogP contribution in [0.4, 0.5) is 0 Å². The summed E-state index contributed by atoms with van der Waals surface area (Å²) in [5, 5.41) is 0. The van der Waals surface area contributed by atoms with Crippen LogP contribution in [0.5, 0.6) is 0 Å². The van der Waals surface area contributed by atoms with E-state index in [9.17, 15) is 0 Å². The summed E-state index contributed by atoms with van der Waals surface area (Å²) in [4.78, 5) is 24.8. The Bertz CT molecular complexity index is 654. The third-order valence-electron chi connectivity index (χ3n) is 6.81. The number of hydrogen-bond donors (Lipinski definition) is 0. The van der Waals surface area contributed by atoms with E-state index in [-0.39, 0.29) is 12.3 Å². The van der Waals surface area contributed by atoms with Gasteiger partial charge in [-0.3, -0.25) is 19.6 Å². The van der Waals surface area contributed by atoms with E-state index in [2.05, 4.69) is 19.6 Å². The molecule has 4 aliphatic rings. The van der Waals surface area contributed by atoms with Gasteiger partial charge in [0.15, 0.2) is 11.6 Å². The summed E-state index contributed by atoms with van der Waals surface area (Å²) in [6, 6.07) is 0. The maximum absolute atomic E-state index is 5.64. The fraction of sp³-hybridized carbons (Fsp3) is 0.864. The second-order valence-corrected chi connectivity index (χ2v) is 8.94. The van der Waals surface area contributed by atoms with Gasteiger partial charge in [-0.2, -0.15) is 0 Å². The Kier molecular flexibility index (Phi) is 8.10. The highest BCUT2D eigenvalue weighted by atomic mass is 16.5. The summed E-state index contributed by atoms with van der Waals surface area (Å²) >= 11 is 0. The molecule has 0 atom stereocenters. The predicted molar refractivity (Wildman–Crippen MR) is 120 cm³/mol. The van der Waals surface area contributed by atoms with Crippen LogP contribution in [0.3, 0.4) is 0 Å². The average Bonchev–Trinajstić information content (AvgIpc) is 2.87. The number of aryl methyl sites for hydroxylation is 1. The van der Waals surface area contributed by atoms with Crippen molar-refractivity contribution in [3.05, 3.63) is 17.5 Å². The van der Waals surface area contributed by atoms with E-state index >= 15 is 0 Å². The van der Waals surface area contributed by atoms with E-state index in [0.29, 0.717) is 0 Å². The van der Waals surface area contributed by atoms with Crippen LogP contribution in [0.25, 0.3) is 0 Å². The quantitative estimate of drug-likeness (QED) is 0.547. The Morgan fingerprint density at radius 3 is 1.03 bits per heavy atom. The van der Waals surface area contributed by atoms with Gasteiger partial charge in [-0.05, 0) is 6.92 Å². The molecule has 11 heteroatoms. The molecular weight excluding hydrogens is 426 g/mol. The first kappa shape index (κ1) is 23.4. The van der Waals surface area contributed by atoms with Gasteiger partial charge in [-0.1, -0.05) is 0 Å². The minimum absolute atomic E-state index is 0.00767. The molecule has 0 radical (unpaired) electrons.